The quantitative estimate of drug-likeness (QED) is 0.0999. The number of non-ortho nitro benzene ring substituents is 1. The van der Waals surface area contributed by atoms with Crippen LogP contribution in [0.2, 0.25) is 0 Å². The number of ether oxygens (including phenoxy) is 1. The van der Waals surface area contributed by atoms with Crippen LogP contribution in [-0.4, -0.2) is 51.9 Å². The highest BCUT2D eigenvalue weighted by atomic mass is 35.5. The number of rotatable bonds is 8. The Hall–Kier alpha value is -4.61. The molecule has 1 fully saturated rings. The molecule has 13 heteroatoms. The molecule has 3 aromatic rings. The number of hydrogen-bond acceptors (Lipinski definition) is 8. The summed E-state index contributed by atoms with van der Waals surface area (Å²) in [6.45, 7) is -0.829. The van der Waals surface area contributed by atoms with Crippen molar-refractivity contribution in [3.63, 3.8) is 0 Å². The van der Waals surface area contributed by atoms with Crippen LogP contribution in [0.5, 0.6) is 0 Å². The first-order valence-electron chi connectivity index (χ1n) is 13.1. The van der Waals surface area contributed by atoms with Crippen LogP contribution < -0.4 is 5.73 Å². The fourth-order valence-electron chi connectivity index (χ4n) is 6.55. The molecule has 0 unspecified atom stereocenters. The van der Waals surface area contributed by atoms with Crippen LogP contribution in [0, 0.1) is 22.0 Å². The lowest BCUT2D eigenvalue weighted by atomic mass is 9.54. The molecule has 2 N–H and O–H groups in total. The molecule has 7 rings (SSSR count). The first-order valence-corrected chi connectivity index (χ1v) is 13.8. The number of alkyl halides is 2. The molecule has 43 heavy (non-hydrogen) atoms. The molecule has 0 aromatic heterocycles. The van der Waals surface area contributed by atoms with Gasteiger partial charge in [-0.3, -0.25) is 34.2 Å². The number of benzene rings is 3. The summed E-state index contributed by atoms with van der Waals surface area (Å²) in [6.07, 6.45) is -0.772. The molecule has 1 heterocycles. The van der Waals surface area contributed by atoms with Gasteiger partial charge in [0.2, 0.25) is 17.7 Å². The standard InChI is InChI=1S/C30H21Cl2N3O8/c31-29-17-5-1-2-6-18(17)30(32,20-8-4-3-7-19(20)29)25-24(29)26(38)34(27(25)39)21(13-23(33)37)28(40)43-14-22(36)15-9-11-16(12-10-15)35(41)42/h1-12,21,24-25H,13-14H2,(H2,33,37)/t21-,24+,25+,29?,30?/m1/s1. The maximum atomic E-state index is 14.2. The SMILES string of the molecule is NC(=O)C[C@H](C(=O)OCC(=O)c1ccc([N+](=O)[O-])cc1)N1C(=O)[C@@H]2[C@@H](C1=O)C1(Cl)c3ccccc3C2(Cl)c2ccccc21. The molecule has 0 radical (unpaired) electrons. The summed E-state index contributed by atoms with van der Waals surface area (Å²) in [5.41, 5.74) is 7.40. The van der Waals surface area contributed by atoms with E-state index in [0.717, 1.165) is 12.1 Å². The molecule has 1 aliphatic heterocycles. The third-order valence-electron chi connectivity index (χ3n) is 8.34. The van der Waals surface area contributed by atoms with Crippen LogP contribution in [0.3, 0.4) is 0 Å². The number of halogens is 2. The van der Waals surface area contributed by atoms with E-state index in [1.807, 2.05) is 0 Å². The molecule has 1 saturated heterocycles. The van der Waals surface area contributed by atoms with Crippen LogP contribution in [0.4, 0.5) is 5.69 Å². The number of carbonyl (C=O) groups is 5. The lowest BCUT2D eigenvalue weighted by molar-refractivity contribution is -0.384. The van der Waals surface area contributed by atoms with Crippen LogP contribution in [0.15, 0.2) is 72.8 Å². The van der Waals surface area contributed by atoms with Crippen molar-refractivity contribution in [2.45, 2.75) is 22.2 Å². The number of primary amides is 1. The van der Waals surface area contributed by atoms with Gasteiger partial charge < -0.3 is 10.5 Å². The zero-order chi connectivity index (χ0) is 30.8. The highest BCUT2D eigenvalue weighted by molar-refractivity contribution is 6.36. The van der Waals surface area contributed by atoms with Gasteiger partial charge in [0.25, 0.3) is 5.69 Å². The van der Waals surface area contributed by atoms with Crippen molar-refractivity contribution >= 4 is 58.4 Å². The number of amides is 3. The largest absolute Gasteiger partial charge is 0.456 e. The maximum absolute atomic E-state index is 14.2. The Balaban J connectivity index is 1.34. The molecule has 3 aromatic carbocycles. The van der Waals surface area contributed by atoms with E-state index in [0.29, 0.717) is 27.2 Å². The molecule has 3 atom stereocenters. The Kier molecular flexibility index (Phi) is 6.62. The minimum absolute atomic E-state index is 0.0180. The number of likely N-dealkylation sites (tertiary alicyclic amines) is 1. The summed E-state index contributed by atoms with van der Waals surface area (Å²) in [4.78, 5) is 74.2. The van der Waals surface area contributed by atoms with Crippen molar-refractivity contribution in [2.75, 3.05) is 6.61 Å². The molecule has 2 bridgehead atoms. The average Bonchev–Trinajstić information content (AvgIpc) is 3.27. The van der Waals surface area contributed by atoms with Crippen LogP contribution in [0.25, 0.3) is 0 Å². The van der Waals surface area contributed by atoms with E-state index < -0.39 is 75.1 Å². The second-order valence-electron chi connectivity index (χ2n) is 10.5. The number of esters is 1. The van der Waals surface area contributed by atoms with Gasteiger partial charge >= 0.3 is 5.97 Å². The number of Topliss-reactive ketones (excluding diaryl/α,β-unsaturated/α-hetero) is 1. The topological polar surface area (TPSA) is 167 Å². The lowest BCUT2D eigenvalue weighted by Crippen LogP contribution is -2.57. The van der Waals surface area contributed by atoms with Gasteiger partial charge in [-0.2, -0.15) is 0 Å². The second kappa shape index (κ2) is 9.99. The monoisotopic (exact) mass is 621 g/mol. The molecule has 3 amide bonds. The predicted molar refractivity (Wildman–Crippen MR) is 151 cm³/mol. The van der Waals surface area contributed by atoms with Crippen molar-refractivity contribution in [1.29, 1.82) is 0 Å². The molecule has 0 spiro atoms. The molecule has 218 valence electrons. The smallest absolute Gasteiger partial charge is 0.330 e. The number of nitrogens with two attached hydrogens (primary N) is 1. The van der Waals surface area contributed by atoms with E-state index in [2.05, 4.69) is 0 Å². The lowest BCUT2D eigenvalue weighted by Gasteiger charge is -2.54. The highest BCUT2D eigenvalue weighted by Crippen LogP contribution is 2.69. The summed E-state index contributed by atoms with van der Waals surface area (Å²) < 4.78 is 5.16. The van der Waals surface area contributed by atoms with Crippen molar-refractivity contribution in [2.24, 2.45) is 17.6 Å². The third-order valence-corrected chi connectivity index (χ3v) is 9.63. The van der Waals surface area contributed by atoms with Gasteiger partial charge in [-0.15, -0.1) is 23.2 Å². The Morgan fingerprint density at radius 1 is 0.860 bits per heavy atom. The van der Waals surface area contributed by atoms with Crippen LogP contribution >= 0.6 is 23.2 Å². The molecule has 11 nitrogen and oxygen atoms in total. The van der Waals surface area contributed by atoms with Gasteiger partial charge in [-0.1, -0.05) is 48.5 Å². The summed E-state index contributed by atoms with van der Waals surface area (Å²) >= 11 is 14.8. The molecular formula is C30H21Cl2N3O8. The van der Waals surface area contributed by atoms with Crippen molar-refractivity contribution < 1.29 is 33.6 Å². The summed E-state index contributed by atoms with van der Waals surface area (Å²) in [5.74, 6) is -7.05. The molecular weight excluding hydrogens is 601 g/mol. The average molecular weight is 622 g/mol. The van der Waals surface area contributed by atoms with Gasteiger partial charge in [-0.25, -0.2) is 4.79 Å². The van der Waals surface area contributed by atoms with Gasteiger partial charge in [0.05, 0.1) is 23.2 Å². The predicted octanol–water partition coefficient (Wildman–Crippen LogP) is 3.16. The van der Waals surface area contributed by atoms with Crippen LogP contribution in [-0.2, 0) is 33.7 Å². The van der Waals surface area contributed by atoms with Crippen LogP contribution in [0.1, 0.15) is 39.0 Å². The van der Waals surface area contributed by atoms with E-state index in [4.69, 9.17) is 33.7 Å². The Morgan fingerprint density at radius 3 is 1.70 bits per heavy atom. The number of nitro groups is 1. The van der Waals surface area contributed by atoms with E-state index in [-0.39, 0.29) is 11.3 Å². The first-order chi connectivity index (χ1) is 20.4. The zero-order valence-corrected chi connectivity index (χ0v) is 23.6. The summed E-state index contributed by atoms with van der Waals surface area (Å²) in [6, 6.07) is 16.8. The fraction of sp³-hybridized carbons (Fsp3) is 0.233. The van der Waals surface area contributed by atoms with Crippen molar-refractivity contribution in [3.05, 3.63) is 111 Å². The number of hydrogen-bond donors (Lipinski definition) is 1. The van der Waals surface area contributed by atoms with E-state index in [1.54, 1.807) is 48.5 Å². The Morgan fingerprint density at radius 2 is 1.30 bits per heavy atom. The van der Waals surface area contributed by atoms with Crippen molar-refractivity contribution in [3.8, 4) is 0 Å². The van der Waals surface area contributed by atoms with Gasteiger partial charge in [0.15, 0.2) is 12.4 Å². The number of nitrogens with zero attached hydrogens (tertiary/aromatic N) is 2. The summed E-state index contributed by atoms with van der Waals surface area (Å²) in [7, 11) is 0. The highest BCUT2D eigenvalue weighted by Gasteiger charge is 2.73. The first kappa shape index (κ1) is 28.5. The van der Waals surface area contributed by atoms with Gasteiger partial charge in [0, 0.05) is 17.7 Å². The van der Waals surface area contributed by atoms with E-state index in [9.17, 15) is 34.1 Å². The normalized spacial score (nSPS) is 25.4. The number of nitro benzene ring substituents is 1. The molecule has 3 aliphatic carbocycles. The minimum atomic E-state index is -1.79. The molecule has 4 aliphatic rings. The van der Waals surface area contributed by atoms with Gasteiger partial charge in [0.1, 0.15) is 15.8 Å². The second-order valence-corrected chi connectivity index (χ2v) is 11.7. The Labute approximate surface area is 253 Å². The number of imide groups is 1. The third kappa shape index (κ3) is 3.99. The number of carbonyl (C=O) groups excluding carboxylic acids is 5. The zero-order valence-electron chi connectivity index (χ0n) is 22.1. The molecule has 0 saturated carbocycles. The summed E-state index contributed by atoms with van der Waals surface area (Å²) in [5, 5.41) is 10.9. The van der Waals surface area contributed by atoms with E-state index >= 15 is 0 Å². The maximum Gasteiger partial charge on any atom is 0.330 e. The Bertz CT molecular complexity index is 1640. The van der Waals surface area contributed by atoms with Crippen molar-refractivity contribution in [1.82, 2.24) is 4.90 Å². The number of ketones is 1. The van der Waals surface area contributed by atoms with E-state index in [1.165, 1.54) is 12.1 Å². The fourth-order valence-corrected chi connectivity index (χ4v) is 7.65. The van der Waals surface area contributed by atoms with Gasteiger partial charge in [-0.05, 0) is 34.4 Å². The minimum Gasteiger partial charge on any atom is -0.456 e.